The van der Waals surface area contributed by atoms with Crippen LogP contribution in [0.3, 0.4) is 0 Å². The molecule has 2 fully saturated rings. The van der Waals surface area contributed by atoms with Gasteiger partial charge in [0.15, 0.2) is 0 Å². The van der Waals surface area contributed by atoms with E-state index in [1.165, 1.54) is 0 Å². The van der Waals surface area contributed by atoms with Gasteiger partial charge in [-0.3, -0.25) is 9.52 Å². The Hall–Kier alpha value is -2.62. The first-order chi connectivity index (χ1) is 16.1. The van der Waals surface area contributed by atoms with Gasteiger partial charge in [0.2, 0.25) is 0 Å². The number of ether oxygens (including phenoxy) is 1. The molecule has 4 rings (SSSR count). The maximum Gasteiger partial charge on any atom is 0.261 e. The summed E-state index contributed by atoms with van der Waals surface area (Å²) >= 11 is 0. The molecule has 0 bridgehead atoms. The minimum atomic E-state index is -3.80. The van der Waals surface area contributed by atoms with Crippen molar-refractivity contribution in [2.45, 2.75) is 31.1 Å². The molecule has 0 atom stereocenters. The van der Waals surface area contributed by atoms with Crippen LogP contribution in [0.4, 0.5) is 11.4 Å². The van der Waals surface area contributed by atoms with Crippen molar-refractivity contribution in [3.63, 3.8) is 0 Å². The zero-order valence-corrected chi connectivity index (χ0v) is 21.0. The second-order valence-electron chi connectivity index (χ2n) is 9.75. The Labute approximate surface area is 202 Å². The first kappa shape index (κ1) is 24.5. The van der Waals surface area contributed by atoms with Crippen LogP contribution in [-0.4, -0.2) is 71.7 Å². The number of carbonyl (C=O) groups is 1. The highest BCUT2D eigenvalue weighted by atomic mass is 32.2. The van der Waals surface area contributed by atoms with E-state index in [1.54, 1.807) is 29.2 Å². The third kappa shape index (κ3) is 5.54. The maximum atomic E-state index is 13.4. The lowest BCUT2D eigenvalue weighted by Crippen LogP contribution is -2.45. The van der Waals surface area contributed by atoms with Crippen LogP contribution >= 0.6 is 0 Å². The largest absolute Gasteiger partial charge is 0.378 e. The molecule has 0 aromatic heterocycles. The van der Waals surface area contributed by atoms with Gasteiger partial charge in [-0.25, -0.2) is 8.42 Å². The lowest BCUT2D eigenvalue weighted by Gasteiger charge is -2.33. The second-order valence-corrected chi connectivity index (χ2v) is 11.4. The van der Waals surface area contributed by atoms with E-state index < -0.39 is 10.0 Å². The van der Waals surface area contributed by atoms with Crippen molar-refractivity contribution >= 4 is 27.3 Å². The van der Waals surface area contributed by atoms with E-state index in [9.17, 15) is 13.2 Å². The minimum absolute atomic E-state index is 0.0652. The normalized spacial score (nSPS) is 17.5. The van der Waals surface area contributed by atoms with Gasteiger partial charge in [-0.1, -0.05) is 32.9 Å². The number of amides is 1. The predicted molar refractivity (Wildman–Crippen MR) is 134 cm³/mol. The lowest BCUT2D eigenvalue weighted by molar-refractivity contribution is 0.0303. The Bertz CT molecular complexity index is 1110. The number of rotatable bonds is 5. The molecule has 0 saturated carbocycles. The third-order valence-electron chi connectivity index (χ3n) is 6.27. The summed E-state index contributed by atoms with van der Waals surface area (Å²) in [6.45, 7) is 11.6. The summed E-state index contributed by atoms with van der Waals surface area (Å²) in [4.78, 5) is 17.6. The molecule has 184 valence electrons. The Morgan fingerprint density at radius 2 is 1.62 bits per heavy atom. The van der Waals surface area contributed by atoms with Crippen molar-refractivity contribution < 1.29 is 17.9 Å². The van der Waals surface area contributed by atoms with Crippen LogP contribution in [0.15, 0.2) is 47.4 Å². The average Bonchev–Trinajstić information content (AvgIpc) is 2.84. The summed E-state index contributed by atoms with van der Waals surface area (Å²) in [5.74, 6) is -0.104. The van der Waals surface area contributed by atoms with E-state index in [0.717, 1.165) is 37.4 Å². The highest BCUT2D eigenvalue weighted by molar-refractivity contribution is 7.92. The van der Waals surface area contributed by atoms with Gasteiger partial charge >= 0.3 is 0 Å². The number of nitrogens with one attached hydrogen (secondary N) is 2. The topological polar surface area (TPSA) is 91.0 Å². The molecule has 0 spiro atoms. The number of benzene rings is 2. The van der Waals surface area contributed by atoms with Crippen LogP contribution in [0, 0.1) is 0 Å². The Balaban J connectivity index is 1.63. The molecule has 9 heteroatoms. The van der Waals surface area contributed by atoms with E-state index in [4.69, 9.17) is 4.74 Å². The molecule has 0 aliphatic carbocycles. The van der Waals surface area contributed by atoms with E-state index in [0.29, 0.717) is 37.6 Å². The Morgan fingerprint density at radius 1 is 0.971 bits per heavy atom. The fourth-order valence-corrected chi connectivity index (χ4v) is 5.29. The van der Waals surface area contributed by atoms with Crippen molar-refractivity contribution in [3.8, 4) is 0 Å². The summed E-state index contributed by atoms with van der Waals surface area (Å²) in [6, 6.07) is 12.2. The van der Waals surface area contributed by atoms with Crippen molar-refractivity contribution in [3.05, 3.63) is 53.6 Å². The Kier molecular flexibility index (Phi) is 7.16. The van der Waals surface area contributed by atoms with E-state index in [2.05, 4.69) is 35.7 Å². The van der Waals surface area contributed by atoms with Crippen molar-refractivity contribution in [2.24, 2.45) is 0 Å². The molecule has 8 nitrogen and oxygen atoms in total. The molecular formula is C25H34N4O4S. The van der Waals surface area contributed by atoms with Gasteiger partial charge in [0.05, 0.1) is 23.7 Å². The molecule has 34 heavy (non-hydrogen) atoms. The van der Waals surface area contributed by atoms with Gasteiger partial charge in [0.1, 0.15) is 0 Å². The van der Waals surface area contributed by atoms with Crippen LogP contribution < -0.4 is 14.9 Å². The van der Waals surface area contributed by atoms with Crippen molar-refractivity contribution in [2.75, 3.05) is 62.1 Å². The van der Waals surface area contributed by atoms with Gasteiger partial charge in [-0.15, -0.1) is 0 Å². The number of sulfonamides is 1. The standard InChI is InChI=1S/C25H34N4O4S/c1-25(2,3)19-4-7-21(8-5-19)34(31,32)27-20-6-9-23(28-12-10-26-11-13-28)22(18-20)24(30)29-14-16-33-17-15-29/h4-9,18,26-27H,10-17H2,1-3H3. The number of piperazine rings is 1. The Morgan fingerprint density at radius 3 is 2.24 bits per heavy atom. The van der Waals surface area contributed by atoms with Gasteiger partial charge in [-0.2, -0.15) is 0 Å². The summed E-state index contributed by atoms with van der Waals surface area (Å²) in [5, 5.41) is 3.33. The second kappa shape index (κ2) is 9.93. The smallest absolute Gasteiger partial charge is 0.261 e. The maximum absolute atomic E-state index is 13.4. The van der Waals surface area contributed by atoms with E-state index >= 15 is 0 Å². The summed E-state index contributed by atoms with van der Waals surface area (Å²) < 4.78 is 34.2. The molecule has 0 radical (unpaired) electrons. The van der Waals surface area contributed by atoms with Crippen molar-refractivity contribution in [1.82, 2.24) is 10.2 Å². The summed E-state index contributed by atoms with van der Waals surface area (Å²) in [7, 11) is -3.80. The van der Waals surface area contributed by atoms with Crippen molar-refractivity contribution in [1.29, 1.82) is 0 Å². The number of hydrogen-bond acceptors (Lipinski definition) is 6. The molecule has 2 aliphatic rings. The van der Waals surface area contributed by atoms with E-state index in [-0.39, 0.29) is 16.2 Å². The lowest BCUT2D eigenvalue weighted by atomic mass is 9.87. The number of anilines is 2. The van der Waals surface area contributed by atoms with Gasteiger partial charge in [-0.05, 0) is 41.3 Å². The van der Waals surface area contributed by atoms with Crippen LogP contribution in [0.1, 0.15) is 36.7 Å². The first-order valence-electron chi connectivity index (χ1n) is 11.8. The molecule has 0 unspecified atom stereocenters. The quantitative estimate of drug-likeness (QED) is 0.675. The van der Waals surface area contributed by atoms with Gasteiger partial charge in [0, 0.05) is 50.6 Å². The molecule has 2 heterocycles. The number of morpholine rings is 1. The summed E-state index contributed by atoms with van der Waals surface area (Å²) in [5.41, 5.74) is 2.70. The highest BCUT2D eigenvalue weighted by Crippen LogP contribution is 2.29. The minimum Gasteiger partial charge on any atom is -0.378 e. The average molecular weight is 487 g/mol. The monoisotopic (exact) mass is 486 g/mol. The fourth-order valence-electron chi connectivity index (χ4n) is 4.24. The van der Waals surface area contributed by atoms with Gasteiger partial charge < -0.3 is 19.9 Å². The van der Waals surface area contributed by atoms with E-state index in [1.807, 2.05) is 18.2 Å². The molecule has 2 aliphatic heterocycles. The third-order valence-corrected chi connectivity index (χ3v) is 7.66. The molecule has 2 saturated heterocycles. The number of hydrogen-bond donors (Lipinski definition) is 2. The van der Waals surface area contributed by atoms with Crippen LogP contribution in [0.2, 0.25) is 0 Å². The fraction of sp³-hybridized carbons (Fsp3) is 0.480. The molecular weight excluding hydrogens is 452 g/mol. The molecule has 1 amide bonds. The SMILES string of the molecule is CC(C)(C)c1ccc(S(=O)(=O)Nc2ccc(N3CCNCC3)c(C(=O)N3CCOCC3)c2)cc1. The van der Waals surface area contributed by atoms with Crippen LogP contribution in [0.5, 0.6) is 0 Å². The summed E-state index contributed by atoms with van der Waals surface area (Å²) in [6.07, 6.45) is 0. The highest BCUT2D eigenvalue weighted by Gasteiger charge is 2.25. The predicted octanol–water partition coefficient (Wildman–Crippen LogP) is 2.67. The molecule has 2 N–H and O–H groups in total. The first-order valence-corrected chi connectivity index (χ1v) is 13.2. The van der Waals surface area contributed by atoms with Gasteiger partial charge in [0.25, 0.3) is 15.9 Å². The van der Waals surface area contributed by atoms with Crippen LogP contribution in [0.25, 0.3) is 0 Å². The molecule has 2 aromatic rings. The van der Waals surface area contributed by atoms with Crippen LogP contribution in [-0.2, 0) is 20.2 Å². The number of carbonyl (C=O) groups excluding carboxylic acids is 1. The zero-order chi connectivity index (χ0) is 24.3. The number of nitrogens with zero attached hydrogens (tertiary/aromatic N) is 2. The zero-order valence-electron chi connectivity index (χ0n) is 20.1. The molecule has 2 aromatic carbocycles.